The molecule has 1 aromatic heterocycles. The zero-order valence-corrected chi connectivity index (χ0v) is 20.0. The number of rotatable bonds is 7. The van der Waals surface area contributed by atoms with Gasteiger partial charge in [-0.05, 0) is 31.2 Å². The average Bonchev–Trinajstić information content (AvgIpc) is 3.25. The Hall–Kier alpha value is -4.21. The fraction of sp³-hybridized carbons (Fsp3) is 0.308. The third-order valence-corrected chi connectivity index (χ3v) is 6.18. The zero-order chi connectivity index (χ0) is 25.8. The lowest BCUT2D eigenvalue weighted by molar-refractivity contribution is -0.152. The van der Waals surface area contributed by atoms with E-state index in [2.05, 4.69) is 0 Å². The first-order valence-corrected chi connectivity index (χ1v) is 11.4. The molecule has 0 saturated carbocycles. The van der Waals surface area contributed by atoms with Crippen LogP contribution in [0, 0.1) is 5.82 Å². The normalized spacial score (nSPS) is 13.5. The number of Topliss-reactive ketones (excluding diaryl/α,β-unsaturated/α-hetero) is 1. The Balaban J connectivity index is 1.31. The topological polar surface area (TPSA) is 98.1 Å². The minimum atomic E-state index is -0.619. The molecule has 1 aliphatic rings. The van der Waals surface area contributed by atoms with Crippen molar-refractivity contribution >= 4 is 40.2 Å². The standard InChI is InChI=1S/C26H26FN3O6/c1-17(31)18-7-8-23(21(27)13-18)28-9-11-29(12-10-28)24(32)16-36-25(33)15-30-14-20(26(34)35-2)19-5-3-4-6-22(19)30/h3-8,13-14H,9-12,15-16H2,1-2H3. The van der Waals surface area contributed by atoms with Gasteiger partial charge in [0.15, 0.2) is 12.4 Å². The summed E-state index contributed by atoms with van der Waals surface area (Å²) in [6, 6.07) is 11.5. The number of hydrogen-bond acceptors (Lipinski definition) is 7. The maximum absolute atomic E-state index is 14.4. The SMILES string of the molecule is COC(=O)c1cn(CC(=O)OCC(=O)N2CCN(c3ccc(C(C)=O)cc3F)CC2)c2ccccc12. The van der Waals surface area contributed by atoms with Gasteiger partial charge in [-0.25, -0.2) is 9.18 Å². The van der Waals surface area contributed by atoms with E-state index >= 15 is 0 Å². The molecule has 0 spiro atoms. The van der Waals surface area contributed by atoms with Crippen LogP contribution in [0.25, 0.3) is 10.9 Å². The van der Waals surface area contributed by atoms with E-state index in [-0.39, 0.29) is 18.2 Å². The number of carbonyl (C=O) groups excluding carboxylic acids is 4. The predicted octanol–water partition coefficient (Wildman–Crippen LogP) is 2.66. The molecule has 1 amide bonds. The molecule has 0 radical (unpaired) electrons. The summed E-state index contributed by atoms with van der Waals surface area (Å²) in [5, 5.41) is 0.651. The summed E-state index contributed by atoms with van der Waals surface area (Å²) in [5.41, 5.74) is 1.69. The second kappa shape index (κ2) is 10.6. The molecule has 1 aliphatic heterocycles. The van der Waals surface area contributed by atoms with Crippen molar-refractivity contribution in [3.8, 4) is 0 Å². The first kappa shape index (κ1) is 24.9. The number of anilines is 1. The quantitative estimate of drug-likeness (QED) is 0.367. The lowest BCUT2D eigenvalue weighted by Gasteiger charge is -2.36. The van der Waals surface area contributed by atoms with Gasteiger partial charge in [0.05, 0.1) is 18.4 Å². The molecule has 4 rings (SSSR count). The van der Waals surface area contributed by atoms with Gasteiger partial charge in [-0.2, -0.15) is 0 Å². The average molecular weight is 496 g/mol. The van der Waals surface area contributed by atoms with Crippen LogP contribution in [0.5, 0.6) is 0 Å². The number of carbonyl (C=O) groups is 4. The smallest absolute Gasteiger partial charge is 0.340 e. The maximum Gasteiger partial charge on any atom is 0.340 e. The number of aromatic nitrogens is 1. The Labute approximate surface area is 207 Å². The van der Waals surface area contributed by atoms with Crippen LogP contribution in [0.15, 0.2) is 48.7 Å². The molecule has 1 fully saturated rings. The number of benzene rings is 2. The second-order valence-corrected chi connectivity index (χ2v) is 8.43. The summed E-state index contributed by atoms with van der Waals surface area (Å²) in [7, 11) is 1.29. The molecule has 36 heavy (non-hydrogen) atoms. The molecule has 3 aromatic rings. The van der Waals surface area contributed by atoms with Crippen LogP contribution in [0.4, 0.5) is 10.1 Å². The highest BCUT2D eigenvalue weighted by molar-refractivity contribution is 6.04. The van der Waals surface area contributed by atoms with E-state index in [9.17, 15) is 23.6 Å². The van der Waals surface area contributed by atoms with Crippen LogP contribution in [-0.4, -0.2) is 73.0 Å². The zero-order valence-electron chi connectivity index (χ0n) is 20.0. The number of nitrogens with zero attached hydrogens (tertiary/aromatic N) is 3. The van der Waals surface area contributed by atoms with Crippen LogP contribution < -0.4 is 4.90 Å². The molecule has 10 heteroatoms. The first-order chi connectivity index (χ1) is 17.3. The molecule has 9 nitrogen and oxygen atoms in total. The summed E-state index contributed by atoms with van der Waals surface area (Å²) in [6.45, 7) is 2.29. The predicted molar refractivity (Wildman–Crippen MR) is 129 cm³/mol. The third-order valence-electron chi connectivity index (χ3n) is 6.18. The number of hydrogen-bond donors (Lipinski definition) is 0. The number of methoxy groups -OCH3 is 1. The van der Waals surface area contributed by atoms with Gasteiger partial charge in [0.2, 0.25) is 0 Å². The highest BCUT2D eigenvalue weighted by atomic mass is 19.1. The summed E-state index contributed by atoms with van der Waals surface area (Å²) in [5.74, 6) is -2.17. The van der Waals surface area contributed by atoms with Crippen LogP contribution in [0.3, 0.4) is 0 Å². The van der Waals surface area contributed by atoms with Crippen molar-refractivity contribution in [1.82, 2.24) is 9.47 Å². The van der Waals surface area contributed by atoms with Crippen molar-refractivity contribution in [2.24, 2.45) is 0 Å². The number of ketones is 1. The van der Waals surface area contributed by atoms with E-state index in [0.29, 0.717) is 53.9 Å². The number of para-hydroxylation sites is 1. The molecule has 188 valence electrons. The van der Waals surface area contributed by atoms with Gasteiger partial charge in [-0.3, -0.25) is 14.4 Å². The number of fused-ring (bicyclic) bond motifs is 1. The number of piperazine rings is 1. The van der Waals surface area contributed by atoms with E-state index in [0.717, 1.165) is 0 Å². The molecule has 2 aromatic carbocycles. The van der Waals surface area contributed by atoms with Crippen molar-refractivity contribution in [2.75, 3.05) is 44.8 Å². The molecular formula is C26H26FN3O6. The van der Waals surface area contributed by atoms with E-state index in [1.165, 1.54) is 26.3 Å². The van der Waals surface area contributed by atoms with Gasteiger partial charge < -0.3 is 23.8 Å². The molecule has 0 aliphatic carbocycles. The maximum atomic E-state index is 14.4. The summed E-state index contributed by atoms with van der Waals surface area (Å²) in [4.78, 5) is 51.9. The monoisotopic (exact) mass is 495 g/mol. The highest BCUT2D eigenvalue weighted by Crippen LogP contribution is 2.23. The molecule has 1 saturated heterocycles. The summed E-state index contributed by atoms with van der Waals surface area (Å²) >= 11 is 0. The van der Waals surface area contributed by atoms with Gasteiger partial charge in [-0.1, -0.05) is 18.2 Å². The lowest BCUT2D eigenvalue weighted by Crippen LogP contribution is -2.50. The number of halogens is 1. The lowest BCUT2D eigenvalue weighted by atomic mass is 10.1. The first-order valence-electron chi connectivity index (χ1n) is 11.4. The second-order valence-electron chi connectivity index (χ2n) is 8.43. The number of amides is 1. The Morgan fingerprint density at radius 1 is 1.00 bits per heavy atom. The van der Waals surface area contributed by atoms with Crippen molar-refractivity contribution < 1.29 is 33.0 Å². The Morgan fingerprint density at radius 3 is 2.39 bits per heavy atom. The Morgan fingerprint density at radius 2 is 1.72 bits per heavy atom. The Bertz CT molecular complexity index is 1330. The number of ether oxygens (including phenoxy) is 2. The van der Waals surface area contributed by atoms with Crippen LogP contribution >= 0.6 is 0 Å². The Kier molecular flexibility index (Phi) is 7.33. The van der Waals surface area contributed by atoms with Gasteiger partial charge in [0.1, 0.15) is 12.4 Å². The number of esters is 2. The fourth-order valence-corrected chi connectivity index (χ4v) is 4.25. The van der Waals surface area contributed by atoms with E-state index in [4.69, 9.17) is 9.47 Å². The van der Waals surface area contributed by atoms with E-state index in [1.54, 1.807) is 45.9 Å². The van der Waals surface area contributed by atoms with Crippen LogP contribution in [0.2, 0.25) is 0 Å². The van der Waals surface area contributed by atoms with Gasteiger partial charge in [-0.15, -0.1) is 0 Å². The van der Waals surface area contributed by atoms with E-state index < -0.39 is 24.4 Å². The molecule has 0 atom stereocenters. The molecule has 0 N–H and O–H groups in total. The highest BCUT2D eigenvalue weighted by Gasteiger charge is 2.24. The largest absolute Gasteiger partial charge is 0.465 e. The molecular weight excluding hydrogens is 469 g/mol. The van der Waals surface area contributed by atoms with Crippen molar-refractivity contribution in [1.29, 1.82) is 0 Å². The van der Waals surface area contributed by atoms with E-state index in [1.807, 2.05) is 4.90 Å². The molecule has 2 heterocycles. The van der Waals surface area contributed by atoms with Crippen molar-refractivity contribution in [3.63, 3.8) is 0 Å². The van der Waals surface area contributed by atoms with Gasteiger partial charge in [0.25, 0.3) is 5.91 Å². The summed E-state index contributed by atoms with van der Waals surface area (Å²) in [6.07, 6.45) is 1.53. The van der Waals surface area contributed by atoms with Crippen LogP contribution in [0.1, 0.15) is 27.6 Å². The van der Waals surface area contributed by atoms with Crippen molar-refractivity contribution in [2.45, 2.75) is 13.5 Å². The summed E-state index contributed by atoms with van der Waals surface area (Å²) < 4.78 is 26.0. The minimum absolute atomic E-state index is 0.173. The van der Waals surface area contributed by atoms with Crippen molar-refractivity contribution in [3.05, 3.63) is 65.6 Å². The van der Waals surface area contributed by atoms with Crippen LogP contribution in [-0.2, 0) is 25.6 Å². The van der Waals surface area contributed by atoms with Gasteiger partial charge >= 0.3 is 11.9 Å². The van der Waals surface area contributed by atoms with Gasteiger partial charge in [0, 0.05) is 48.8 Å². The third kappa shape index (κ3) is 5.22. The molecule has 0 bridgehead atoms. The molecule has 0 unspecified atom stereocenters. The minimum Gasteiger partial charge on any atom is -0.465 e. The fourth-order valence-electron chi connectivity index (χ4n) is 4.25.